The van der Waals surface area contributed by atoms with Crippen molar-refractivity contribution in [3.8, 4) is 5.75 Å². The Morgan fingerprint density at radius 1 is 1.41 bits per heavy atom. The highest BCUT2D eigenvalue weighted by Crippen LogP contribution is 2.15. The van der Waals surface area contributed by atoms with Crippen LogP contribution in [0, 0.1) is 0 Å². The van der Waals surface area contributed by atoms with Crippen LogP contribution in [0.5, 0.6) is 5.75 Å². The molecule has 0 aliphatic rings. The van der Waals surface area contributed by atoms with E-state index in [-0.39, 0.29) is 18.2 Å². The predicted molar refractivity (Wildman–Crippen MR) is 72.3 cm³/mol. The van der Waals surface area contributed by atoms with Gasteiger partial charge in [0.15, 0.2) is 5.78 Å². The van der Waals surface area contributed by atoms with Crippen LogP contribution in [0.1, 0.15) is 10.4 Å². The van der Waals surface area contributed by atoms with E-state index >= 15 is 0 Å². The molecule has 17 heavy (non-hydrogen) atoms. The summed E-state index contributed by atoms with van der Waals surface area (Å²) >= 11 is 0. The molecule has 0 aromatic heterocycles. The summed E-state index contributed by atoms with van der Waals surface area (Å²) in [5.41, 5.74) is 1.20. The molecule has 0 saturated carbocycles. The number of methoxy groups -OCH3 is 1. The number of carbonyl (C=O) groups excluding carboxylic acids is 1. The second-order valence-corrected chi connectivity index (χ2v) is 3.90. The lowest BCUT2D eigenvalue weighted by molar-refractivity contribution is 0.102. The van der Waals surface area contributed by atoms with Gasteiger partial charge < -0.3 is 9.64 Å². The van der Waals surface area contributed by atoms with E-state index < -0.39 is 0 Å². The van der Waals surface area contributed by atoms with Crippen LogP contribution in [-0.4, -0.2) is 38.4 Å². The number of ketones is 1. The second kappa shape index (κ2) is 7.09. The zero-order chi connectivity index (χ0) is 12.1. The Labute approximate surface area is 108 Å². The van der Waals surface area contributed by atoms with Gasteiger partial charge in [0, 0.05) is 17.7 Å². The molecule has 0 radical (unpaired) electrons. The van der Waals surface area contributed by atoms with E-state index in [1.807, 2.05) is 25.1 Å². The minimum Gasteiger partial charge on any atom is -0.497 e. The van der Waals surface area contributed by atoms with Gasteiger partial charge in [0.2, 0.25) is 0 Å². The van der Waals surface area contributed by atoms with Gasteiger partial charge in [-0.25, -0.2) is 0 Å². The largest absolute Gasteiger partial charge is 0.497 e. The zero-order valence-electron chi connectivity index (χ0n) is 10.4. The molecule has 0 unspecified atom stereocenters. The van der Waals surface area contributed by atoms with Crippen LogP contribution in [-0.2, 0) is 0 Å². The van der Waals surface area contributed by atoms with Crippen molar-refractivity contribution in [3.63, 3.8) is 0 Å². The molecule has 1 rings (SSSR count). The number of hydrogen-bond acceptors (Lipinski definition) is 3. The van der Waals surface area contributed by atoms with E-state index in [4.69, 9.17) is 4.74 Å². The highest BCUT2D eigenvalue weighted by atomic mass is 35.5. The third-order valence-corrected chi connectivity index (χ3v) is 2.16. The Morgan fingerprint density at radius 2 is 2.06 bits per heavy atom. The van der Waals surface area contributed by atoms with Gasteiger partial charge in [0.05, 0.1) is 7.11 Å². The van der Waals surface area contributed by atoms with Crippen LogP contribution in [0.2, 0.25) is 0 Å². The van der Waals surface area contributed by atoms with E-state index in [9.17, 15) is 4.79 Å². The molecular weight excluding hydrogens is 238 g/mol. The van der Waals surface area contributed by atoms with E-state index in [1.165, 1.54) is 0 Å². The first-order chi connectivity index (χ1) is 7.54. The fourth-order valence-corrected chi connectivity index (χ4v) is 1.42. The van der Waals surface area contributed by atoms with Crippen molar-refractivity contribution in [1.82, 2.24) is 4.90 Å². The third-order valence-electron chi connectivity index (χ3n) is 2.16. The Hall–Kier alpha value is -1.32. The minimum atomic E-state index is -0.0346. The molecule has 0 heterocycles. The molecule has 3 nitrogen and oxygen atoms in total. The van der Waals surface area contributed by atoms with Crippen molar-refractivity contribution in [3.05, 3.63) is 42.0 Å². The van der Waals surface area contributed by atoms with Gasteiger partial charge in [-0.3, -0.25) is 4.79 Å². The number of halogens is 1. The number of Topliss-reactive ketones (excluding diaryl/α,β-unsaturated/α-hetero) is 1. The topological polar surface area (TPSA) is 29.5 Å². The highest BCUT2D eigenvalue weighted by Gasteiger charge is 2.11. The fraction of sp³-hybridized carbons (Fsp3) is 0.308. The number of nitrogens with zero attached hydrogens (tertiary/aromatic N) is 1. The maximum Gasteiger partial charge on any atom is 0.189 e. The normalized spacial score (nSPS) is 9.65. The quantitative estimate of drug-likeness (QED) is 0.598. The van der Waals surface area contributed by atoms with Gasteiger partial charge in [0.25, 0.3) is 0 Å². The van der Waals surface area contributed by atoms with Crippen molar-refractivity contribution in [2.24, 2.45) is 0 Å². The molecule has 0 aliphatic carbocycles. The third kappa shape index (κ3) is 4.59. The van der Waals surface area contributed by atoms with Crippen LogP contribution in [0.25, 0.3) is 0 Å². The van der Waals surface area contributed by atoms with Gasteiger partial charge >= 0.3 is 0 Å². The summed E-state index contributed by atoms with van der Waals surface area (Å²) in [6, 6.07) is 7.11. The number of likely N-dealkylation sites (N-methyl/N-ethyl adjacent to an activating group) is 1. The monoisotopic (exact) mass is 255 g/mol. The lowest BCUT2D eigenvalue weighted by Gasteiger charge is -2.11. The van der Waals surface area contributed by atoms with Gasteiger partial charge in [-0.2, -0.15) is 0 Å². The Kier molecular flexibility index (Phi) is 6.54. The van der Waals surface area contributed by atoms with Crippen LogP contribution >= 0.6 is 12.4 Å². The van der Waals surface area contributed by atoms with Crippen LogP contribution in [0.3, 0.4) is 0 Å². The molecular formula is C13H18ClNO2. The maximum absolute atomic E-state index is 12.0. The number of ether oxygens (including phenoxy) is 1. The molecule has 1 aromatic carbocycles. The summed E-state index contributed by atoms with van der Waals surface area (Å²) in [4.78, 5) is 13.9. The number of benzene rings is 1. The van der Waals surface area contributed by atoms with E-state index in [2.05, 4.69) is 6.58 Å². The predicted octanol–water partition coefficient (Wildman–Crippen LogP) is 2.42. The molecule has 0 atom stereocenters. The summed E-state index contributed by atoms with van der Waals surface area (Å²) in [6.45, 7) is 4.36. The molecule has 0 spiro atoms. The summed E-state index contributed by atoms with van der Waals surface area (Å²) in [7, 11) is 5.40. The van der Waals surface area contributed by atoms with Gasteiger partial charge in [-0.1, -0.05) is 18.7 Å². The molecule has 1 aromatic rings. The average Bonchev–Trinajstić information content (AvgIpc) is 2.27. The number of hydrogen-bond donors (Lipinski definition) is 0. The molecule has 0 aliphatic heterocycles. The summed E-state index contributed by atoms with van der Waals surface area (Å²) in [5, 5.41) is 0. The Balaban J connectivity index is 0.00000256. The summed E-state index contributed by atoms with van der Waals surface area (Å²) in [6.07, 6.45) is 0. The van der Waals surface area contributed by atoms with Gasteiger partial charge in [0.1, 0.15) is 5.75 Å². The molecule has 0 fully saturated rings. The van der Waals surface area contributed by atoms with Crippen molar-refractivity contribution in [1.29, 1.82) is 0 Å². The summed E-state index contributed by atoms with van der Waals surface area (Å²) < 4.78 is 5.07. The minimum absolute atomic E-state index is 0. The van der Waals surface area contributed by atoms with Crippen molar-refractivity contribution >= 4 is 18.2 Å². The van der Waals surface area contributed by atoms with Crippen LogP contribution < -0.4 is 4.74 Å². The first kappa shape index (κ1) is 15.7. The number of carbonyl (C=O) groups is 1. The van der Waals surface area contributed by atoms with Crippen LogP contribution in [0.15, 0.2) is 36.4 Å². The Bertz CT molecular complexity index is 402. The standard InChI is InChI=1S/C13H17NO2.ClH/c1-10(9-14(2)3)13(15)11-6-5-7-12(8-11)16-4;/h5-8H,1,9H2,2-4H3;1H. The highest BCUT2D eigenvalue weighted by molar-refractivity contribution is 6.08. The molecule has 0 N–H and O–H groups in total. The van der Waals surface area contributed by atoms with Gasteiger partial charge in [-0.15, -0.1) is 12.4 Å². The van der Waals surface area contributed by atoms with Gasteiger partial charge in [-0.05, 0) is 26.2 Å². The van der Waals surface area contributed by atoms with E-state index in [0.717, 1.165) is 0 Å². The molecule has 94 valence electrons. The van der Waals surface area contributed by atoms with E-state index in [1.54, 1.807) is 25.3 Å². The first-order valence-corrected chi connectivity index (χ1v) is 5.06. The second-order valence-electron chi connectivity index (χ2n) is 3.90. The first-order valence-electron chi connectivity index (χ1n) is 5.06. The maximum atomic E-state index is 12.0. The molecule has 0 amide bonds. The van der Waals surface area contributed by atoms with Crippen molar-refractivity contribution < 1.29 is 9.53 Å². The van der Waals surface area contributed by atoms with Crippen molar-refractivity contribution in [2.45, 2.75) is 0 Å². The summed E-state index contributed by atoms with van der Waals surface area (Å²) in [5.74, 6) is 0.649. The van der Waals surface area contributed by atoms with E-state index in [0.29, 0.717) is 23.4 Å². The SMILES string of the molecule is C=C(CN(C)C)C(=O)c1cccc(OC)c1.Cl. The Morgan fingerprint density at radius 3 is 2.59 bits per heavy atom. The number of rotatable bonds is 5. The zero-order valence-corrected chi connectivity index (χ0v) is 11.2. The van der Waals surface area contributed by atoms with Crippen molar-refractivity contribution in [2.75, 3.05) is 27.7 Å². The fourth-order valence-electron chi connectivity index (χ4n) is 1.42. The average molecular weight is 256 g/mol. The van der Waals surface area contributed by atoms with Crippen LogP contribution in [0.4, 0.5) is 0 Å². The lowest BCUT2D eigenvalue weighted by Crippen LogP contribution is -2.19. The smallest absolute Gasteiger partial charge is 0.189 e. The molecule has 0 bridgehead atoms. The lowest BCUT2D eigenvalue weighted by atomic mass is 10.0. The molecule has 4 heteroatoms. The molecule has 0 saturated heterocycles.